The van der Waals surface area contributed by atoms with E-state index in [1.807, 2.05) is 24.3 Å². The number of amides is 1. The smallest absolute Gasteiger partial charge is 0.257 e. The molecule has 4 rings (SSSR count). The van der Waals surface area contributed by atoms with E-state index in [0.717, 1.165) is 11.3 Å². The largest absolute Gasteiger partial charge is 0.329 e. The van der Waals surface area contributed by atoms with Gasteiger partial charge in [-0.15, -0.1) is 0 Å². The summed E-state index contributed by atoms with van der Waals surface area (Å²) >= 11 is 0. The Bertz CT molecular complexity index is 1130. The number of H-pyrrole nitrogens is 1. The van der Waals surface area contributed by atoms with Crippen molar-refractivity contribution in [3.05, 3.63) is 88.2 Å². The Balaban J connectivity index is 1.39. The number of nitrogens with one attached hydrogen (secondary N) is 2. The van der Waals surface area contributed by atoms with Crippen LogP contribution in [0.5, 0.6) is 0 Å². The number of aromatic amines is 1. The van der Waals surface area contributed by atoms with Crippen LogP contribution in [0, 0.1) is 0 Å². The number of hydrogen-bond acceptors (Lipinski definition) is 5. The highest BCUT2D eigenvalue weighted by Crippen LogP contribution is 2.40. The van der Waals surface area contributed by atoms with Crippen molar-refractivity contribution in [1.29, 1.82) is 0 Å². The van der Waals surface area contributed by atoms with Crippen molar-refractivity contribution in [3.63, 3.8) is 0 Å². The Labute approximate surface area is 189 Å². The Morgan fingerprint density at radius 3 is 2.76 bits per heavy atom. The molecule has 0 aliphatic carbocycles. The lowest BCUT2D eigenvalue weighted by atomic mass is 9.87. The topological polar surface area (TPSA) is 91.0 Å². The van der Waals surface area contributed by atoms with Gasteiger partial charge in [-0.05, 0) is 36.2 Å². The number of carbonyl (C=O) groups is 1. The van der Waals surface area contributed by atoms with Crippen molar-refractivity contribution >= 4 is 11.7 Å². The Kier molecular flexibility index (Phi) is 6.60. The van der Waals surface area contributed by atoms with E-state index in [2.05, 4.69) is 20.3 Å². The number of rotatable bonds is 6. The lowest BCUT2D eigenvalue weighted by Gasteiger charge is -2.40. The van der Waals surface area contributed by atoms with Crippen molar-refractivity contribution in [2.75, 3.05) is 18.4 Å². The van der Waals surface area contributed by atoms with Crippen LogP contribution < -0.4 is 10.9 Å². The van der Waals surface area contributed by atoms with E-state index in [-0.39, 0.29) is 31.0 Å². The maximum Gasteiger partial charge on any atom is 0.257 e. The number of likely N-dealkylation sites (tertiary alicyclic amines) is 1. The number of pyridine rings is 3. The second-order valence-electron chi connectivity index (χ2n) is 8.26. The third-order valence-corrected chi connectivity index (χ3v) is 5.98. The third-order valence-electron chi connectivity index (χ3n) is 5.98. The lowest BCUT2D eigenvalue weighted by molar-refractivity contribution is -0.125. The van der Waals surface area contributed by atoms with Gasteiger partial charge in [0.1, 0.15) is 5.82 Å². The number of carbonyl (C=O) groups excluding carboxylic acids is 1. The van der Waals surface area contributed by atoms with Crippen LogP contribution in [-0.2, 0) is 11.2 Å². The first-order valence-corrected chi connectivity index (χ1v) is 10.8. The zero-order valence-electron chi connectivity index (χ0n) is 18.2. The van der Waals surface area contributed by atoms with E-state index >= 15 is 0 Å². The predicted molar refractivity (Wildman–Crippen MR) is 120 cm³/mol. The zero-order valence-corrected chi connectivity index (χ0v) is 18.2. The molecule has 1 amide bonds. The van der Waals surface area contributed by atoms with Gasteiger partial charge in [0.2, 0.25) is 11.5 Å². The normalized spacial score (nSPS) is 19.1. The fourth-order valence-electron chi connectivity index (χ4n) is 3.98. The van der Waals surface area contributed by atoms with Gasteiger partial charge in [0.15, 0.2) is 0 Å². The first kappa shape index (κ1) is 22.7. The number of nitrogens with zero attached hydrogens (tertiary/aromatic N) is 3. The van der Waals surface area contributed by atoms with Crippen molar-refractivity contribution < 1.29 is 13.6 Å². The maximum atomic E-state index is 14.6. The summed E-state index contributed by atoms with van der Waals surface area (Å²) in [5.74, 6) is -3.94. The molecule has 1 fully saturated rings. The first-order chi connectivity index (χ1) is 15.8. The summed E-state index contributed by atoms with van der Waals surface area (Å²) in [6, 6.07) is 11.3. The number of hydrogen-bond donors (Lipinski definition) is 2. The average Bonchev–Trinajstić information content (AvgIpc) is 2.81. The molecule has 0 radical (unpaired) electrons. The molecule has 9 heteroatoms. The molecule has 1 aliphatic heterocycles. The van der Waals surface area contributed by atoms with Gasteiger partial charge in [-0.3, -0.25) is 19.5 Å². The molecule has 33 heavy (non-hydrogen) atoms. The molecule has 1 unspecified atom stereocenters. The van der Waals surface area contributed by atoms with Crippen molar-refractivity contribution in [3.8, 4) is 0 Å². The highest BCUT2D eigenvalue weighted by atomic mass is 19.3. The summed E-state index contributed by atoms with van der Waals surface area (Å²) in [5.41, 5.74) is 1.88. The molecule has 2 atom stereocenters. The van der Waals surface area contributed by atoms with Gasteiger partial charge in [0, 0.05) is 56.3 Å². The fourth-order valence-corrected chi connectivity index (χ4v) is 3.98. The molecule has 1 aliphatic rings. The molecule has 7 nitrogen and oxygen atoms in total. The molecular formula is C24H25F2N5O2. The fraction of sp³-hybridized carbons (Fsp3) is 0.333. The van der Waals surface area contributed by atoms with Crippen molar-refractivity contribution in [2.45, 2.75) is 37.6 Å². The SMILES string of the molecule is CC(C(=O)Nc1ccc(Cc2ccccn2)cn1)N1CCC(F)(F)[C@@H](c2ccc(=O)[nH]c2)C1. The molecule has 0 saturated carbocycles. The van der Waals surface area contributed by atoms with Crippen LogP contribution in [0.25, 0.3) is 0 Å². The minimum atomic E-state index is -2.92. The Morgan fingerprint density at radius 2 is 2.09 bits per heavy atom. The molecule has 0 bridgehead atoms. The Morgan fingerprint density at radius 1 is 1.24 bits per heavy atom. The van der Waals surface area contributed by atoms with Gasteiger partial charge in [-0.2, -0.15) is 0 Å². The summed E-state index contributed by atoms with van der Waals surface area (Å²) in [6.45, 7) is 1.79. The predicted octanol–water partition coefficient (Wildman–Crippen LogP) is 3.21. The van der Waals surface area contributed by atoms with Crippen molar-refractivity contribution in [2.24, 2.45) is 0 Å². The van der Waals surface area contributed by atoms with E-state index < -0.39 is 17.9 Å². The van der Waals surface area contributed by atoms with E-state index in [4.69, 9.17) is 0 Å². The van der Waals surface area contributed by atoms with Gasteiger partial charge < -0.3 is 10.3 Å². The number of halogens is 2. The average molecular weight is 453 g/mol. The number of anilines is 1. The zero-order chi connectivity index (χ0) is 23.4. The second kappa shape index (κ2) is 9.58. The highest BCUT2D eigenvalue weighted by Gasteiger charge is 2.46. The molecule has 1 saturated heterocycles. The highest BCUT2D eigenvalue weighted by molar-refractivity contribution is 5.93. The van der Waals surface area contributed by atoms with Crippen molar-refractivity contribution in [1.82, 2.24) is 19.9 Å². The Hall–Kier alpha value is -3.46. The van der Waals surface area contributed by atoms with Gasteiger partial charge in [-0.25, -0.2) is 13.8 Å². The van der Waals surface area contributed by atoms with E-state index in [0.29, 0.717) is 17.8 Å². The minimum absolute atomic E-state index is 0.00404. The first-order valence-electron chi connectivity index (χ1n) is 10.8. The van der Waals surface area contributed by atoms with E-state index in [1.54, 1.807) is 30.3 Å². The van der Waals surface area contributed by atoms with Crippen LogP contribution in [0.1, 0.15) is 36.1 Å². The monoisotopic (exact) mass is 453 g/mol. The van der Waals surface area contributed by atoms with Crippen LogP contribution in [0.4, 0.5) is 14.6 Å². The van der Waals surface area contributed by atoms with Crippen LogP contribution in [0.3, 0.4) is 0 Å². The summed E-state index contributed by atoms with van der Waals surface area (Å²) in [6.07, 6.45) is 5.01. The standard InChI is InChI=1S/C24H25F2N5O2/c1-16(31-11-9-24(25,26)20(15-31)18-6-8-22(32)29-14-18)23(33)30-21-7-5-17(13-28-21)12-19-4-2-3-10-27-19/h2-8,10,13-14,16,20H,9,11-12,15H2,1H3,(H,29,32)(H,28,30,33)/t16?,20-/m1/s1. The van der Waals surface area contributed by atoms with Crippen LogP contribution >= 0.6 is 0 Å². The van der Waals surface area contributed by atoms with Gasteiger partial charge >= 0.3 is 0 Å². The summed E-state index contributed by atoms with van der Waals surface area (Å²) in [5, 5.41) is 2.77. The maximum absolute atomic E-state index is 14.6. The molecule has 4 heterocycles. The molecule has 3 aromatic rings. The van der Waals surface area contributed by atoms with Gasteiger partial charge in [0.05, 0.1) is 12.0 Å². The van der Waals surface area contributed by atoms with Gasteiger partial charge in [0.25, 0.3) is 5.92 Å². The molecular weight excluding hydrogens is 428 g/mol. The molecule has 3 aromatic heterocycles. The number of aromatic nitrogens is 3. The second-order valence-corrected chi connectivity index (χ2v) is 8.26. The third kappa shape index (κ3) is 5.48. The van der Waals surface area contributed by atoms with E-state index in [9.17, 15) is 18.4 Å². The number of alkyl halides is 2. The number of piperidine rings is 1. The van der Waals surface area contributed by atoms with Gasteiger partial charge in [-0.1, -0.05) is 18.2 Å². The van der Waals surface area contributed by atoms with Crippen LogP contribution in [0.15, 0.2) is 65.8 Å². The quantitative estimate of drug-likeness (QED) is 0.598. The molecule has 0 spiro atoms. The van der Waals surface area contributed by atoms with Crippen LogP contribution in [-0.4, -0.2) is 50.8 Å². The van der Waals surface area contributed by atoms with E-state index in [1.165, 1.54) is 18.3 Å². The molecule has 2 N–H and O–H groups in total. The van der Waals surface area contributed by atoms with Crippen LogP contribution in [0.2, 0.25) is 0 Å². The molecule has 0 aromatic carbocycles. The summed E-state index contributed by atoms with van der Waals surface area (Å²) in [4.78, 5) is 36.9. The molecule has 172 valence electrons. The minimum Gasteiger partial charge on any atom is -0.329 e. The summed E-state index contributed by atoms with van der Waals surface area (Å²) in [7, 11) is 0. The summed E-state index contributed by atoms with van der Waals surface area (Å²) < 4.78 is 29.2. The lowest BCUT2D eigenvalue weighted by Crippen LogP contribution is -2.52.